The van der Waals surface area contributed by atoms with E-state index in [0.29, 0.717) is 10.6 Å². The molecular formula is C19H34N2O4S. The Hall–Kier alpha value is -0.990. The first-order valence-corrected chi connectivity index (χ1v) is 10.3. The third kappa shape index (κ3) is 7.32. The van der Waals surface area contributed by atoms with Crippen molar-refractivity contribution in [2.24, 2.45) is 5.14 Å². The van der Waals surface area contributed by atoms with Gasteiger partial charge in [-0.3, -0.25) is 10.3 Å². The first kappa shape index (κ1) is 23.0. The van der Waals surface area contributed by atoms with Crippen molar-refractivity contribution < 1.29 is 19.3 Å². The van der Waals surface area contributed by atoms with Crippen molar-refractivity contribution in [1.29, 1.82) is 0 Å². The summed E-state index contributed by atoms with van der Waals surface area (Å²) in [5.41, 5.74) is 2.60. The number of rotatable bonds is 5. The number of nitrogens with two attached hydrogens (primary N) is 1. The van der Waals surface area contributed by atoms with Gasteiger partial charge >= 0.3 is 0 Å². The molecule has 1 aromatic rings. The van der Waals surface area contributed by atoms with E-state index in [2.05, 4.69) is 5.48 Å². The van der Waals surface area contributed by atoms with E-state index in [1.165, 1.54) is 19.3 Å². The summed E-state index contributed by atoms with van der Waals surface area (Å²) in [6.45, 7) is 8.80. The molecule has 0 bridgehead atoms. The minimum Gasteiger partial charge on any atom is -0.393 e. The van der Waals surface area contributed by atoms with Crippen LogP contribution in [0.1, 0.15) is 65.4 Å². The second-order valence-electron chi connectivity index (χ2n) is 7.84. The van der Waals surface area contributed by atoms with Gasteiger partial charge in [0.15, 0.2) is 0 Å². The van der Waals surface area contributed by atoms with Crippen LogP contribution in [-0.4, -0.2) is 31.7 Å². The quantitative estimate of drug-likeness (QED) is 0.582. The van der Waals surface area contributed by atoms with E-state index in [-0.39, 0.29) is 6.10 Å². The van der Waals surface area contributed by atoms with Crippen LogP contribution >= 0.6 is 0 Å². The zero-order chi connectivity index (χ0) is 20.0. The molecule has 1 aliphatic rings. The highest BCUT2D eigenvalue weighted by Gasteiger charge is 2.37. The predicted molar refractivity (Wildman–Crippen MR) is 106 cm³/mol. The van der Waals surface area contributed by atoms with Gasteiger partial charge in [-0.15, -0.1) is 0 Å². The zero-order valence-corrected chi connectivity index (χ0v) is 17.4. The third-order valence-corrected chi connectivity index (χ3v) is 5.62. The first-order chi connectivity index (χ1) is 11.9. The number of hydrogen-bond acceptors (Lipinski definition) is 5. The number of aryl methyl sites for hydroxylation is 1. The van der Waals surface area contributed by atoms with Gasteiger partial charge in [-0.25, -0.2) is 9.35 Å². The number of nitrogens with one attached hydrogen (secondary N) is 1. The standard InChI is InChI=1S/C13H22N2O3S.C6H12O/c1-9-6-7-10(19(14)17)8-11(9)15-18-13(4,5)12(2,3)16;7-6-4-2-1-3-5-6/h6-8,15-16H,14H2,1-5H3;6-7H,1-5H2. The van der Waals surface area contributed by atoms with Crippen LogP contribution in [0.5, 0.6) is 0 Å². The van der Waals surface area contributed by atoms with E-state index in [0.717, 1.165) is 18.4 Å². The maximum absolute atomic E-state index is 11.2. The average molecular weight is 387 g/mol. The molecule has 1 unspecified atom stereocenters. The molecule has 1 aromatic carbocycles. The summed E-state index contributed by atoms with van der Waals surface area (Å²) < 4.78 is 11.2. The van der Waals surface area contributed by atoms with Crippen molar-refractivity contribution in [3.63, 3.8) is 0 Å². The molecule has 0 heterocycles. The molecule has 1 aliphatic carbocycles. The van der Waals surface area contributed by atoms with Crippen molar-refractivity contribution in [2.45, 2.75) is 88.9 Å². The zero-order valence-electron chi connectivity index (χ0n) is 16.5. The van der Waals surface area contributed by atoms with E-state index in [4.69, 9.17) is 15.1 Å². The fraction of sp³-hybridized carbons (Fsp3) is 0.684. The Kier molecular flexibility index (Phi) is 8.69. The van der Waals surface area contributed by atoms with Crippen molar-refractivity contribution in [3.8, 4) is 0 Å². The molecule has 7 heteroatoms. The summed E-state index contributed by atoms with van der Waals surface area (Å²) in [7, 11) is -1.53. The summed E-state index contributed by atoms with van der Waals surface area (Å²) in [5, 5.41) is 24.3. The monoisotopic (exact) mass is 386 g/mol. The molecule has 0 aromatic heterocycles. The lowest BCUT2D eigenvalue weighted by molar-refractivity contribution is -0.130. The predicted octanol–water partition coefficient (Wildman–Crippen LogP) is 3.18. The molecule has 0 radical (unpaired) electrons. The van der Waals surface area contributed by atoms with Crippen molar-refractivity contribution >= 4 is 16.7 Å². The van der Waals surface area contributed by atoms with Crippen LogP contribution in [-0.2, 0) is 15.8 Å². The smallest absolute Gasteiger partial charge is 0.122 e. The number of aliphatic hydroxyl groups excluding tert-OH is 1. The van der Waals surface area contributed by atoms with Gasteiger partial charge in [0.1, 0.15) is 16.6 Å². The fourth-order valence-electron chi connectivity index (χ4n) is 2.22. The van der Waals surface area contributed by atoms with Crippen LogP contribution in [0, 0.1) is 6.92 Å². The summed E-state index contributed by atoms with van der Waals surface area (Å²) >= 11 is 0. The van der Waals surface area contributed by atoms with E-state index >= 15 is 0 Å². The van der Waals surface area contributed by atoms with E-state index in [1.807, 2.05) is 13.0 Å². The molecule has 26 heavy (non-hydrogen) atoms. The van der Waals surface area contributed by atoms with Crippen molar-refractivity contribution in [2.75, 3.05) is 5.48 Å². The number of benzene rings is 1. The summed E-state index contributed by atoms with van der Waals surface area (Å²) in [5.74, 6) is 0. The molecule has 1 saturated carbocycles. The molecule has 150 valence electrons. The molecule has 2 rings (SSSR count). The average Bonchev–Trinajstić information content (AvgIpc) is 2.54. The van der Waals surface area contributed by atoms with Crippen LogP contribution in [0.15, 0.2) is 23.1 Å². The molecule has 0 aliphatic heterocycles. The summed E-state index contributed by atoms with van der Waals surface area (Å²) in [6.07, 6.45) is 5.92. The third-order valence-electron chi connectivity index (χ3n) is 4.91. The lowest BCUT2D eigenvalue weighted by atomic mass is 9.90. The van der Waals surface area contributed by atoms with Gasteiger partial charge in [0.25, 0.3) is 0 Å². The fourth-order valence-corrected chi connectivity index (χ4v) is 2.66. The molecule has 1 fully saturated rings. The highest BCUT2D eigenvalue weighted by molar-refractivity contribution is 7.82. The minimum atomic E-state index is -1.53. The Labute approximate surface area is 159 Å². The number of aliphatic hydroxyl groups is 2. The van der Waals surface area contributed by atoms with Crippen LogP contribution in [0.3, 0.4) is 0 Å². The Balaban J connectivity index is 0.000000401. The van der Waals surface area contributed by atoms with Gasteiger partial charge in [0.2, 0.25) is 0 Å². The minimum absolute atomic E-state index is 0.0359. The molecule has 0 amide bonds. The Morgan fingerprint density at radius 1 is 1.19 bits per heavy atom. The first-order valence-electron chi connectivity index (χ1n) is 9.05. The van der Waals surface area contributed by atoms with E-state index in [9.17, 15) is 9.32 Å². The highest BCUT2D eigenvalue weighted by atomic mass is 32.2. The number of anilines is 1. The largest absolute Gasteiger partial charge is 0.393 e. The van der Waals surface area contributed by atoms with E-state index < -0.39 is 22.2 Å². The van der Waals surface area contributed by atoms with Gasteiger partial charge in [-0.2, -0.15) is 0 Å². The van der Waals surface area contributed by atoms with Crippen molar-refractivity contribution in [3.05, 3.63) is 23.8 Å². The Morgan fingerprint density at radius 2 is 1.77 bits per heavy atom. The summed E-state index contributed by atoms with van der Waals surface area (Å²) in [6, 6.07) is 5.19. The van der Waals surface area contributed by atoms with Gasteiger partial charge in [0, 0.05) is 0 Å². The maximum Gasteiger partial charge on any atom is 0.122 e. The van der Waals surface area contributed by atoms with Crippen LogP contribution in [0.25, 0.3) is 0 Å². The SMILES string of the molecule is Cc1ccc(S(N)=O)cc1NOC(C)(C)C(C)(C)O.OC1CCCCC1. The highest BCUT2D eigenvalue weighted by Crippen LogP contribution is 2.27. The molecule has 0 spiro atoms. The lowest BCUT2D eigenvalue weighted by Crippen LogP contribution is -2.48. The summed E-state index contributed by atoms with van der Waals surface area (Å²) in [4.78, 5) is 6.07. The normalized spacial score (nSPS) is 17.2. The maximum atomic E-state index is 11.2. The number of hydrogen-bond donors (Lipinski definition) is 4. The molecule has 1 atom stereocenters. The van der Waals surface area contributed by atoms with Gasteiger partial charge < -0.3 is 10.2 Å². The molecular weight excluding hydrogens is 352 g/mol. The topological polar surface area (TPSA) is 105 Å². The van der Waals surface area contributed by atoms with Crippen LogP contribution < -0.4 is 10.6 Å². The Morgan fingerprint density at radius 3 is 2.19 bits per heavy atom. The van der Waals surface area contributed by atoms with Crippen LogP contribution in [0.4, 0.5) is 5.69 Å². The Bertz CT molecular complexity index is 594. The lowest BCUT2D eigenvalue weighted by Gasteiger charge is -2.36. The van der Waals surface area contributed by atoms with Crippen LogP contribution in [0.2, 0.25) is 0 Å². The second-order valence-corrected chi connectivity index (χ2v) is 8.91. The second kappa shape index (κ2) is 9.80. The van der Waals surface area contributed by atoms with Gasteiger partial charge in [0.05, 0.1) is 22.3 Å². The van der Waals surface area contributed by atoms with Crippen molar-refractivity contribution in [1.82, 2.24) is 0 Å². The molecule has 6 nitrogen and oxygen atoms in total. The van der Waals surface area contributed by atoms with Gasteiger partial charge in [-0.1, -0.05) is 25.3 Å². The van der Waals surface area contributed by atoms with E-state index in [1.54, 1.807) is 39.8 Å². The molecule has 0 saturated heterocycles. The molecule has 5 N–H and O–H groups in total. The van der Waals surface area contributed by atoms with Gasteiger partial charge in [-0.05, 0) is 65.2 Å².